The molecule has 0 aliphatic carbocycles. The second kappa shape index (κ2) is 7.25. The number of carbonyl (C=O) groups excluding carboxylic acids is 1. The van der Waals surface area contributed by atoms with Gasteiger partial charge in [0.15, 0.2) is 0 Å². The van der Waals surface area contributed by atoms with Gasteiger partial charge in [0.25, 0.3) is 0 Å². The Morgan fingerprint density at radius 3 is 2.62 bits per heavy atom. The summed E-state index contributed by atoms with van der Waals surface area (Å²) in [6, 6.07) is 15.1. The maximum absolute atomic E-state index is 12.0. The van der Waals surface area contributed by atoms with Crippen LogP contribution in [0.5, 0.6) is 0 Å². The lowest BCUT2D eigenvalue weighted by molar-refractivity contribution is -0.116. The summed E-state index contributed by atoms with van der Waals surface area (Å²) in [5, 5.41) is 3.55. The normalized spacial score (nSPS) is 12.0. The molecule has 21 heavy (non-hydrogen) atoms. The van der Waals surface area contributed by atoms with Crippen LogP contribution in [0.3, 0.4) is 0 Å². The lowest BCUT2D eigenvalue weighted by Crippen LogP contribution is -2.17. The topological polar surface area (TPSA) is 55.1 Å². The molecule has 0 spiro atoms. The minimum atomic E-state index is -0.122. The molecule has 0 saturated heterocycles. The van der Waals surface area contributed by atoms with E-state index in [4.69, 9.17) is 17.3 Å². The Kier molecular flexibility index (Phi) is 5.37. The molecule has 0 radical (unpaired) electrons. The van der Waals surface area contributed by atoms with E-state index in [1.807, 2.05) is 49.4 Å². The number of hydrogen-bond acceptors (Lipinski definition) is 2. The van der Waals surface area contributed by atoms with Crippen LogP contribution >= 0.6 is 11.6 Å². The third kappa shape index (κ3) is 4.59. The number of amides is 1. The summed E-state index contributed by atoms with van der Waals surface area (Å²) in [6.45, 7) is 1.91. The minimum absolute atomic E-state index is 0.0354. The number of halogens is 1. The number of nitrogens with two attached hydrogens (primary N) is 1. The molecule has 0 bridgehead atoms. The van der Waals surface area contributed by atoms with Crippen molar-refractivity contribution in [2.75, 3.05) is 5.32 Å². The summed E-state index contributed by atoms with van der Waals surface area (Å²) in [6.07, 6.45) is 1.00. The first-order valence-corrected chi connectivity index (χ1v) is 7.30. The highest BCUT2D eigenvalue weighted by Crippen LogP contribution is 2.20. The van der Waals surface area contributed by atoms with Crippen LogP contribution < -0.4 is 11.1 Å². The van der Waals surface area contributed by atoms with Crippen LogP contribution in [-0.4, -0.2) is 5.91 Å². The van der Waals surface area contributed by atoms with E-state index >= 15 is 0 Å². The van der Waals surface area contributed by atoms with E-state index in [0.717, 1.165) is 16.8 Å². The fourth-order valence-electron chi connectivity index (χ4n) is 2.13. The monoisotopic (exact) mass is 302 g/mol. The maximum atomic E-state index is 12.0. The highest BCUT2D eigenvalue weighted by Gasteiger charge is 2.10. The molecule has 0 aliphatic heterocycles. The SMILES string of the molecule is Cc1cc(Cl)ccc1NC(=O)CCC(N)c1ccccc1. The molecule has 0 aromatic heterocycles. The zero-order valence-corrected chi connectivity index (χ0v) is 12.7. The Bertz CT molecular complexity index is 613. The first-order chi connectivity index (χ1) is 10.1. The van der Waals surface area contributed by atoms with E-state index in [1.165, 1.54) is 0 Å². The molecule has 2 aromatic carbocycles. The van der Waals surface area contributed by atoms with Crippen molar-refractivity contribution in [1.29, 1.82) is 0 Å². The van der Waals surface area contributed by atoms with Gasteiger partial charge in [-0.05, 0) is 42.7 Å². The minimum Gasteiger partial charge on any atom is -0.326 e. The van der Waals surface area contributed by atoms with E-state index in [1.54, 1.807) is 6.07 Å². The summed E-state index contributed by atoms with van der Waals surface area (Å²) in [5.74, 6) is -0.0354. The van der Waals surface area contributed by atoms with Crippen LogP contribution in [0.25, 0.3) is 0 Å². The summed E-state index contributed by atoms with van der Waals surface area (Å²) in [7, 11) is 0. The highest BCUT2D eigenvalue weighted by atomic mass is 35.5. The van der Waals surface area contributed by atoms with E-state index in [2.05, 4.69) is 5.32 Å². The molecular formula is C17H19ClN2O. The van der Waals surface area contributed by atoms with Crippen molar-refractivity contribution in [2.45, 2.75) is 25.8 Å². The zero-order chi connectivity index (χ0) is 15.2. The summed E-state index contributed by atoms with van der Waals surface area (Å²) in [5.41, 5.74) is 8.87. The van der Waals surface area contributed by atoms with Crippen LogP contribution in [0.1, 0.15) is 30.0 Å². The first kappa shape index (κ1) is 15.5. The van der Waals surface area contributed by atoms with Crippen molar-refractivity contribution < 1.29 is 4.79 Å². The Morgan fingerprint density at radius 2 is 1.95 bits per heavy atom. The van der Waals surface area contributed by atoms with Gasteiger partial charge in [-0.25, -0.2) is 0 Å². The zero-order valence-electron chi connectivity index (χ0n) is 12.0. The smallest absolute Gasteiger partial charge is 0.224 e. The van der Waals surface area contributed by atoms with E-state index in [9.17, 15) is 4.79 Å². The number of benzene rings is 2. The lowest BCUT2D eigenvalue weighted by atomic mass is 10.0. The molecule has 0 heterocycles. The van der Waals surface area contributed by atoms with Gasteiger partial charge in [0, 0.05) is 23.2 Å². The molecule has 2 rings (SSSR count). The van der Waals surface area contributed by atoms with E-state index in [0.29, 0.717) is 17.9 Å². The third-order valence-electron chi connectivity index (χ3n) is 3.37. The van der Waals surface area contributed by atoms with Crippen LogP contribution in [0, 0.1) is 6.92 Å². The van der Waals surface area contributed by atoms with Gasteiger partial charge in [-0.15, -0.1) is 0 Å². The predicted molar refractivity (Wildman–Crippen MR) is 87.4 cm³/mol. The van der Waals surface area contributed by atoms with Gasteiger partial charge in [0.1, 0.15) is 0 Å². The lowest BCUT2D eigenvalue weighted by Gasteiger charge is -2.12. The molecule has 3 nitrogen and oxygen atoms in total. The van der Waals surface area contributed by atoms with Crippen molar-refractivity contribution in [3.63, 3.8) is 0 Å². The second-order valence-electron chi connectivity index (χ2n) is 5.06. The molecule has 1 atom stereocenters. The van der Waals surface area contributed by atoms with Crippen molar-refractivity contribution in [3.05, 3.63) is 64.7 Å². The highest BCUT2D eigenvalue weighted by molar-refractivity contribution is 6.30. The number of nitrogens with one attached hydrogen (secondary N) is 1. The Balaban J connectivity index is 1.87. The first-order valence-electron chi connectivity index (χ1n) is 6.93. The standard InChI is InChI=1S/C17H19ClN2O/c1-12-11-14(18)7-9-16(12)20-17(21)10-8-15(19)13-5-3-2-4-6-13/h2-7,9,11,15H,8,10,19H2,1H3,(H,20,21). The van der Waals surface area contributed by atoms with Crippen molar-refractivity contribution >= 4 is 23.2 Å². The Morgan fingerprint density at radius 1 is 1.24 bits per heavy atom. The average Bonchev–Trinajstić information content (AvgIpc) is 2.48. The van der Waals surface area contributed by atoms with E-state index in [-0.39, 0.29) is 11.9 Å². The van der Waals surface area contributed by atoms with Gasteiger partial charge in [-0.3, -0.25) is 4.79 Å². The van der Waals surface area contributed by atoms with Gasteiger partial charge in [0.2, 0.25) is 5.91 Å². The summed E-state index contributed by atoms with van der Waals surface area (Å²) in [4.78, 5) is 12.0. The van der Waals surface area contributed by atoms with Gasteiger partial charge in [0.05, 0.1) is 0 Å². The van der Waals surface area contributed by atoms with Gasteiger partial charge >= 0.3 is 0 Å². The Labute approximate surface area is 130 Å². The summed E-state index contributed by atoms with van der Waals surface area (Å²) >= 11 is 5.89. The Hall–Kier alpha value is -1.84. The summed E-state index contributed by atoms with van der Waals surface area (Å²) < 4.78 is 0. The fourth-order valence-corrected chi connectivity index (χ4v) is 2.36. The quantitative estimate of drug-likeness (QED) is 0.875. The van der Waals surface area contributed by atoms with Gasteiger partial charge in [-0.1, -0.05) is 41.9 Å². The number of rotatable bonds is 5. The molecule has 4 heteroatoms. The molecule has 110 valence electrons. The maximum Gasteiger partial charge on any atom is 0.224 e. The van der Waals surface area contributed by atoms with Gasteiger partial charge in [-0.2, -0.15) is 0 Å². The number of aryl methyl sites for hydroxylation is 1. The molecule has 3 N–H and O–H groups in total. The number of carbonyl (C=O) groups is 1. The second-order valence-corrected chi connectivity index (χ2v) is 5.50. The fraction of sp³-hybridized carbons (Fsp3) is 0.235. The van der Waals surface area contributed by atoms with E-state index < -0.39 is 0 Å². The number of hydrogen-bond donors (Lipinski definition) is 2. The van der Waals surface area contributed by atoms with Crippen molar-refractivity contribution in [3.8, 4) is 0 Å². The molecule has 2 aromatic rings. The molecular weight excluding hydrogens is 284 g/mol. The van der Waals surface area contributed by atoms with Crippen molar-refractivity contribution in [1.82, 2.24) is 0 Å². The predicted octanol–water partition coefficient (Wildman–Crippen LogP) is 4.07. The van der Waals surface area contributed by atoms with Crippen LogP contribution in [0.2, 0.25) is 5.02 Å². The molecule has 1 amide bonds. The molecule has 0 saturated carbocycles. The average molecular weight is 303 g/mol. The number of anilines is 1. The molecule has 0 fully saturated rings. The molecule has 0 aliphatic rings. The van der Waals surface area contributed by atoms with Crippen LogP contribution in [-0.2, 0) is 4.79 Å². The largest absolute Gasteiger partial charge is 0.326 e. The van der Waals surface area contributed by atoms with Crippen LogP contribution in [0.4, 0.5) is 5.69 Å². The van der Waals surface area contributed by atoms with Crippen molar-refractivity contribution in [2.24, 2.45) is 5.73 Å². The third-order valence-corrected chi connectivity index (χ3v) is 3.61. The van der Waals surface area contributed by atoms with Gasteiger partial charge < -0.3 is 11.1 Å². The van der Waals surface area contributed by atoms with Crippen LogP contribution in [0.15, 0.2) is 48.5 Å². The molecule has 1 unspecified atom stereocenters.